The van der Waals surface area contributed by atoms with E-state index in [0.717, 1.165) is 5.52 Å². The van der Waals surface area contributed by atoms with Gasteiger partial charge in [-0.15, -0.1) is 0 Å². The van der Waals surface area contributed by atoms with Gasteiger partial charge in [-0.3, -0.25) is 0 Å². The molecule has 0 spiro atoms. The SMILES string of the molecule is Cc1cccc2ccc(C(C)[IH+])nc12. The van der Waals surface area contributed by atoms with E-state index in [4.69, 9.17) is 0 Å². The molecule has 1 aromatic heterocycles. The summed E-state index contributed by atoms with van der Waals surface area (Å²) in [5, 5.41) is 1.23. The van der Waals surface area contributed by atoms with Crippen LogP contribution < -0.4 is 22.6 Å². The number of para-hydroxylation sites is 1. The number of aryl methyl sites for hydroxylation is 1. The monoisotopic (exact) mass is 298 g/mol. The van der Waals surface area contributed by atoms with Crippen LogP contribution in [0.5, 0.6) is 0 Å². The van der Waals surface area contributed by atoms with Crippen LogP contribution in [0.25, 0.3) is 10.9 Å². The number of halogens is 1. The summed E-state index contributed by atoms with van der Waals surface area (Å²) >= 11 is 2.10. The molecule has 0 saturated carbocycles. The maximum atomic E-state index is 4.68. The first-order valence-corrected chi connectivity index (χ1v) is 6.05. The first-order chi connectivity index (χ1) is 6.68. The highest BCUT2D eigenvalue weighted by Crippen LogP contribution is 2.17. The molecule has 0 aliphatic carbocycles. The van der Waals surface area contributed by atoms with Crippen molar-refractivity contribution in [3.63, 3.8) is 0 Å². The second-order valence-electron chi connectivity index (χ2n) is 3.52. The van der Waals surface area contributed by atoms with E-state index in [1.54, 1.807) is 0 Å². The normalized spacial score (nSPS) is 13.1. The van der Waals surface area contributed by atoms with Crippen LogP contribution in [0.2, 0.25) is 0 Å². The van der Waals surface area contributed by atoms with Crippen LogP contribution >= 0.6 is 0 Å². The molecule has 0 amide bonds. The summed E-state index contributed by atoms with van der Waals surface area (Å²) in [5.41, 5.74) is 3.57. The predicted octanol–water partition coefficient (Wildman–Crippen LogP) is -0.110. The number of hydrogen-bond donors (Lipinski definition) is 0. The molecule has 1 atom stereocenters. The molecular weight excluding hydrogens is 285 g/mol. The van der Waals surface area contributed by atoms with E-state index in [9.17, 15) is 0 Å². The maximum absolute atomic E-state index is 4.68. The summed E-state index contributed by atoms with van der Waals surface area (Å²) < 4.78 is 0.509. The van der Waals surface area contributed by atoms with Crippen LogP contribution in [-0.2, 0) is 0 Å². The van der Waals surface area contributed by atoms with Crippen molar-refractivity contribution in [3.8, 4) is 0 Å². The molecule has 0 fully saturated rings. The molecule has 72 valence electrons. The molecule has 2 aromatic rings. The third kappa shape index (κ3) is 1.75. The standard InChI is InChI=1S/C12H13IN/c1-8-4-3-5-10-6-7-11(9(2)13)14-12(8)10/h3-7,9,13H,1-2H3/q+1. The summed E-state index contributed by atoms with van der Waals surface area (Å²) in [6, 6.07) is 10.6. The molecule has 0 radical (unpaired) electrons. The van der Waals surface area contributed by atoms with Crippen molar-refractivity contribution in [2.45, 2.75) is 17.8 Å². The van der Waals surface area contributed by atoms with E-state index >= 15 is 0 Å². The molecule has 1 aromatic carbocycles. The lowest BCUT2D eigenvalue weighted by Crippen LogP contribution is -3.35. The second kappa shape index (κ2) is 3.85. The van der Waals surface area contributed by atoms with Crippen LogP contribution in [0.15, 0.2) is 30.3 Å². The first-order valence-electron chi connectivity index (χ1n) is 4.70. The third-order valence-corrected chi connectivity index (χ3v) is 3.05. The highest BCUT2D eigenvalue weighted by atomic mass is 127. The first kappa shape index (κ1) is 9.90. The summed E-state index contributed by atoms with van der Waals surface area (Å²) in [5.74, 6) is 0. The summed E-state index contributed by atoms with van der Waals surface area (Å²) in [7, 11) is 0. The zero-order valence-corrected chi connectivity index (χ0v) is 10.6. The third-order valence-electron chi connectivity index (χ3n) is 2.36. The Morgan fingerprint density at radius 3 is 2.71 bits per heavy atom. The van der Waals surface area contributed by atoms with Crippen LogP contribution in [0.3, 0.4) is 0 Å². The number of alkyl halides is 1. The Morgan fingerprint density at radius 2 is 2.00 bits per heavy atom. The number of fused-ring (bicyclic) bond motifs is 1. The Morgan fingerprint density at radius 1 is 1.21 bits per heavy atom. The molecule has 1 nitrogen and oxygen atoms in total. The van der Waals surface area contributed by atoms with Gasteiger partial charge in [0.15, 0.2) is 3.92 Å². The van der Waals surface area contributed by atoms with Crippen molar-refractivity contribution >= 4 is 10.9 Å². The van der Waals surface area contributed by atoms with Crippen LogP contribution in [0.4, 0.5) is 0 Å². The van der Waals surface area contributed by atoms with Gasteiger partial charge < -0.3 is 0 Å². The Balaban J connectivity index is 2.70. The van der Waals surface area contributed by atoms with Crippen molar-refractivity contribution in [2.75, 3.05) is 0 Å². The number of benzene rings is 1. The topological polar surface area (TPSA) is 12.9 Å². The fourth-order valence-electron chi connectivity index (χ4n) is 1.54. The van der Waals surface area contributed by atoms with Crippen molar-refractivity contribution in [1.29, 1.82) is 0 Å². The molecule has 14 heavy (non-hydrogen) atoms. The number of pyridine rings is 1. The van der Waals surface area contributed by atoms with Gasteiger partial charge in [0.2, 0.25) is 0 Å². The fourth-order valence-corrected chi connectivity index (χ4v) is 1.91. The van der Waals surface area contributed by atoms with Crippen LogP contribution in [0, 0.1) is 6.92 Å². The van der Waals surface area contributed by atoms with Gasteiger partial charge in [0.1, 0.15) is 0 Å². The Labute approximate surface area is 97.7 Å². The minimum Gasteiger partial charge on any atom is -0.248 e. The smallest absolute Gasteiger partial charge is 0.248 e. The van der Waals surface area contributed by atoms with Gasteiger partial charge in [0.05, 0.1) is 11.2 Å². The molecule has 1 heterocycles. The minimum atomic E-state index is 0.509. The fraction of sp³-hybridized carbons (Fsp3) is 0.250. The summed E-state index contributed by atoms with van der Waals surface area (Å²) in [6.07, 6.45) is 0. The van der Waals surface area contributed by atoms with E-state index in [0.29, 0.717) is 3.92 Å². The number of hydrogen-bond acceptors (Lipinski definition) is 1. The van der Waals surface area contributed by atoms with Crippen LogP contribution in [0.1, 0.15) is 22.1 Å². The minimum absolute atomic E-state index is 0.509. The zero-order valence-electron chi connectivity index (χ0n) is 8.32. The van der Waals surface area contributed by atoms with E-state index in [2.05, 4.69) is 71.8 Å². The molecular formula is C12H13IN+. The average Bonchev–Trinajstić information content (AvgIpc) is 2.18. The highest BCUT2D eigenvalue weighted by molar-refractivity contribution is 5.81. The van der Waals surface area contributed by atoms with Crippen LogP contribution in [-0.4, -0.2) is 4.98 Å². The Kier molecular flexibility index (Phi) is 2.72. The molecule has 1 unspecified atom stereocenters. The zero-order chi connectivity index (χ0) is 10.1. The van der Waals surface area contributed by atoms with Crippen molar-refractivity contribution in [3.05, 3.63) is 41.6 Å². The summed E-state index contributed by atoms with van der Waals surface area (Å²) in [6.45, 7) is 4.29. The highest BCUT2D eigenvalue weighted by Gasteiger charge is 2.10. The Hall–Kier alpha value is -0.640. The van der Waals surface area contributed by atoms with Gasteiger partial charge >= 0.3 is 0 Å². The number of rotatable bonds is 1. The lowest BCUT2D eigenvalue weighted by atomic mass is 10.1. The van der Waals surface area contributed by atoms with Gasteiger partial charge in [0.25, 0.3) is 22.6 Å². The van der Waals surface area contributed by atoms with Crippen molar-refractivity contribution in [2.24, 2.45) is 0 Å². The quantitative estimate of drug-likeness (QED) is 0.529. The van der Waals surface area contributed by atoms with Gasteiger partial charge in [-0.25, -0.2) is 4.98 Å². The number of aromatic nitrogens is 1. The molecule has 0 aliphatic heterocycles. The lowest BCUT2D eigenvalue weighted by Gasteiger charge is -2.03. The average molecular weight is 298 g/mol. The van der Waals surface area contributed by atoms with E-state index < -0.39 is 0 Å². The van der Waals surface area contributed by atoms with Crippen molar-refractivity contribution < 1.29 is 22.6 Å². The largest absolute Gasteiger partial charge is 0.262 e. The van der Waals surface area contributed by atoms with E-state index in [-0.39, 0.29) is 0 Å². The van der Waals surface area contributed by atoms with Gasteiger partial charge in [-0.05, 0) is 25.5 Å². The second-order valence-corrected chi connectivity index (χ2v) is 5.54. The molecule has 0 N–H and O–H groups in total. The molecule has 2 heteroatoms. The molecule has 0 saturated heterocycles. The summed E-state index contributed by atoms with van der Waals surface area (Å²) in [4.78, 5) is 4.68. The molecule has 0 aliphatic rings. The molecule has 0 bridgehead atoms. The van der Waals surface area contributed by atoms with E-state index in [1.165, 1.54) is 16.6 Å². The predicted molar refractivity (Wildman–Crippen MR) is 56.3 cm³/mol. The molecule has 2 rings (SSSR count). The number of nitrogens with zero attached hydrogens (tertiary/aromatic N) is 1. The Bertz CT molecular complexity index is 463. The van der Waals surface area contributed by atoms with Gasteiger partial charge in [-0.1, -0.05) is 24.3 Å². The van der Waals surface area contributed by atoms with Crippen molar-refractivity contribution in [1.82, 2.24) is 4.98 Å². The maximum Gasteiger partial charge on any atom is 0.262 e. The van der Waals surface area contributed by atoms with E-state index in [1.807, 2.05) is 0 Å². The van der Waals surface area contributed by atoms with Gasteiger partial charge in [-0.2, -0.15) is 0 Å². The van der Waals surface area contributed by atoms with Gasteiger partial charge in [0, 0.05) is 5.39 Å². The lowest BCUT2D eigenvalue weighted by molar-refractivity contribution is -0.421.